The van der Waals surface area contributed by atoms with Crippen molar-refractivity contribution in [1.29, 1.82) is 0 Å². The van der Waals surface area contributed by atoms with Crippen LogP contribution < -0.4 is 0 Å². The van der Waals surface area contributed by atoms with E-state index in [4.69, 9.17) is 46.4 Å². The fraction of sp³-hybridized carbons (Fsp3) is 0.400. The van der Waals surface area contributed by atoms with E-state index in [1.165, 1.54) is 0 Å². The maximum atomic E-state index is 6.08. The Bertz CT molecular complexity index is 323. The van der Waals surface area contributed by atoms with Crippen LogP contribution in [0.1, 0.15) is 22.3 Å². The Morgan fingerprint density at radius 3 is 1.71 bits per heavy atom. The molecule has 0 amide bonds. The first kappa shape index (κ1) is 12.4. The second kappa shape index (κ2) is 4.94. The minimum Gasteiger partial charge on any atom is -0.122 e. The number of hydrogen-bond acceptors (Lipinski definition) is 0. The molecular formula is C10H10Cl4. The van der Waals surface area contributed by atoms with Crippen LogP contribution in [-0.4, -0.2) is 0 Å². The lowest BCUT2D eigenvalue weighted by atomic mass is 9.99. The van der Waals surface area contributed by atoms with Crippen LogP contribution in [0.15, 0.2) is 0 Å². The molecule has 0 N–H and O–H groups in total. The van der Waals surface area contributed by atoms with Crippen molar-refractivity contribution < 1.29 is 0 Å². The minimum absolute atomic E-state index is 0.335. The molecule has 0 saturated heterocycles. The molecule has 1 aromatic carbocycles. The third-order valence-electron chi connectivity index (χ3n) is 2.43. The Hall–Kier alpha value is 0.380. The largest absolute Gasteiger partial charge is 0.122 e. The predicted molar refractivity (Wildman–Crippen MR) is 65.1 cm³/mol. The normalized spacial score (nSPS) is 10.7. The Kier molecular flexibility index (Phi) is 4.39. The highest BCUT2D eigenvalue weighted by Gasteiger charge is 2.15. The number of rotatable bonds is 2. The second-order valence-corrected chi connectivity index (χ2v) is 4.39. The molecule has 0 aliphatic carbocycles. The van der Waals surface area contributed by atoms with Crippen LogP contribution >= 0.6 is 46.4 Å². The van der Waals surface area contributed by atoms with E-state index in [1.54, 1.807) is 0 Å². The van der Waals surface area contributed by atoms with E-state index in [9.17, 15) is 0 Å². The molecule has 1 rings (SSSR count). The molecule has 1 aromatic rings. The SMILES string of the molecule is Cc1c(C)c(CCl)c(CCl)c(Cl)c1Cl. The van der Waals surface area contributed by atoms with Gasteiger partial charge >= 0.3 is 0 Å². The van der Waals surface area contributed by atoms with Crippen LogP contribution in [0, 0.1) is 13.8 Å². The lowest BCUT2D eigenvalue weighted by molar-refractivity contribution is 1.18. The van der Waals surface area contributed by atoms with E-state index in [0.717, 1.165) is 22.3 Å². The van der Waals surface area contributed by atoms with E-state index in [2.05, 4.69) is 0 Å². The maximum absolute atomic E-state index is 6.08. The monoisotopic (exact) mass is 270 g/mol. The van der Waals surface area contributed by atoms with Crippen molar-refractivity contribution >= 4 is 46.4 Å². The Balaban J connectivity index is 3.57. The summed E-state index contributed by atoms with van der Waals surface area (Å²) >= 11 is 23.8. The van der Waals surface area contributed by atoms with Gasteiger partial charge in [0.25, 0.3) is 0 Å². The van der Waals surface area contributed by atoms with Gasteiger partial charge in [0.2, 0.25) is 0 Å². The first-order chi connectivity index (χ1) is 6.54. The van der Waals surface area contributed by atoms with E-state index in [0.29, 0.717) is 21.8 Å². The van der Waals surface area contributed by atoms with Crippen LogP contribution in [0.4, 0.5) is 0 Å². The maximum Gasteiger partial charge on any atom is 0.0642 e. The van der Waals surface area contributed by atoms with Crippen molar-refractivity contribution in [3.8, 4) is 0 Å². The topological polar surface area (TPSA) is 0 Å². The standard InChI is InChI=1S/C10H10Cl4/c1-5-6(2)9(13)10(14)8(4-12)7(5)3-11/h3-4H2,1-2H3. The summed E-state index contributed by atoms with van der Waals surface area (Å²) in [6.07, 6.45) is 0. The van der Waals surface area contributed by atoms with Crippen LogP contribution in [-0.2, 0) is 11.8 Å². The molecule has 0 fully saturated rings. The number of benzene rings is 1. The minimum atomic E-state index is 0.335. The molecule has 0 spiro atoms. The summed E-state index contributed by atoms with van der Waals surface area (Å²) < 4.78 is 0. The van der Waals surface area contributed by atoms with Gasteiger partial charge in [0.1, 0.15) is 0 Å². The van der Waals surface area contributed by atoms with Gasteiger partial charge in [-0.3, -0.25) is 0 Å². The van der Waals surface area contributed by atoms with Gasteiger partial charge in [0, 0.05) is 11.8 Å². The molecule has 78 valence electrons. The van der Waals surface area contributed by atoms with Crippen molar-refractivity contribution in [3.05, 3.63) is 32.3 Å². The van der Waals surface area contributed by atoms with Crippen LogP contribution in [0.2, 0.25) is 10.0 Å². The fourth-order valence-electron chi connectivity index (χ4n) is 1.37. The summed E-state index contributed by atoms with van der Waals surface area (Å²) in [6, 6.07) is 0. The van der Waals surface area contributed by atoms with E-state index in [1.807, 2.05) is 13.8 Å². The van der Waals surface area contributed by atoms with Crippen LogP contribution in [0.25, 0.3) is 0 Å². The molecule has 0 heterocycles. The zero-order valence-electron chi connectivity index (χ0n) is 7.93. The number of halogens is 4. The van der Waals surface area contributed by atoms with Gasteiger partial charge in [-0.15, -0.1) is 23.2 Å². The second-order valence-electron chi connectivity index (χ2n) is 3.10. The highest BCUT2D eigenvalue weighted by atomic mass is 35.5. The molecule has 0 nitrogen and oxygen atoms in total. The summed E-state index contributed by atoms with van der Waals surface area (Å²) in [5, 5.41) is 1.11. The third kappa shape index (κ3) is 1.99. The molecule has 0 radical (unpaired) electrons. The predicted octanol–water partition coefficient (Wildman–Crippen LogP) is 5.09. The Morgan fingerprint density at radius 2 is 1.29 bits per heavy atom. The van der Waals surface area contributed by atoms with E-state index >= 15 is 0 Å². The molecule has 4 heteroatoms. The number of alkyl halides is 2. The molecule has 0 aromatic heterocycles. The highest BCUT2D eigenvalue weighted by molar-refractivity contribution is 6.43. The van der Waals surface area contributed by atoms with Gasteiger partial charge in [-0.1, -0.05) is 23.2 Å². The molecule has 0 bridgehead atoms. The fourth-order valence-corrected chi connectivity index (χ4v) is 2.67. The Labute approximate surface area is 104 Å². The zero-order valence-corrected chi connectivity index (χ0v) is 10.9. The van der Waals surface area contributed by atoms with Gasteiger partial charge in [-0.25, -0.2) is 0 Å². The summed E-state index contributed by atoms with van der Waals surface area (Å²) in [4.78, 5) is 0. The molecule has 0 saturated carbocycles. The van der Waals surface area contributed by atoms with Gasteiger partial charge in [-0.05, 0) is 36.1 Å². The lowest BCUT2D eigenvalue weighted by Gasteiger charge is -2.15. The van der Waals surface area contributed by atoms with E-state index in [-0.39, 0.29) is 0 Å². The Morgan fingerprint density at radius 1 is 0.786 bits per heavy atom. The third-order valence-corrected chi connectivity index (χ3v) is 3.95. The summed E-state index contributed by atoms with van der Waals surface area (Å²) in [6.45, 7) is 3.91. The number of hydrogen-bond donors (Lipinski definition) is 0. The molecule has 0 unspecified atom stereocenters. The first-order valence-electron chi connectivity index (χ1n) is 4.12. The lowest BCUT2D eigenvalue weighted by Crippen LogP contribution is -1.98. The quantitative estimate of drug-likeness (QED) is 0.658. The molecular weight excluding hydrogens is 262 g/mol. The van der Waals surface area contributed by atoms with Crippen molar-refractivity contribution in [2.75, 3.05) is 0 Å². The first-order valence-corrected chi connectivity index (χ1v) is 5.94. The molecule has 0 atom stereocenters. The van der Waals surface area contributed by atoms with Gasteiger partial charge in [0.05, 0.1) is 10.0 Å². The zero-order chi connectivity index (χ0) is 10.9. The smallest absolute Gasteiger partial charge is 0.0642 e. The van der Waals surface area contributed by atoms with Gasteiger partial charge in [-0.2, -0.15) is 0 Å². The summed E-state index contributed by atoms with van der Waals surface area (Å²) in [5.74, 6) is 0.743. The summed E-state index contributed by atoms with van der Waals surface area (Å²) in [5.41, 5.74) is 3.89. The average molecular weight is 272 g/mol. The molecule has 14 heavy (non-hydrogen) atoms. The van der Waals surface area contributed by atoms with Gasteiger partial charge < -0.3 is 0 Å². The van der Waals surface area contributed by atoms with Crippen molar-refractivity contribution in [2.45, 2.75) is 25.6 Å². The van der Waals surface area contributed by atoms with Crippen molar-refractivity contribution in [1.82, 2.24) is 0 Å². The van der Waals surface area contributed by atoms with Crippen molar-refractivity contribution in [2.24, 2.45) is 0 Å². The van der Waals surface area contributed by atoms with E-state index < -0.39 is 0 Å². The van der Waals surface area contributed by atoms with Gasteiger partial charge in [0.15, 0.2) is 0 Å². The highest BCUT2D eigenvalue weighted by Crippen LogP contribution is 2.36. The summed E-state index contributed by atoms with van der Waals surface area (Å²) in [7, 11) is 0. The van der Waals surface area contributed by atoms with Crippen LogP contribution in [0.3, 0.4) is 0 Å². The molecule has 0 aliphatic heterocycles. The molecule has 0 aliphatic rings. The average Bonchev–Trinajstić information content (AvgIpc) is 2.20. The van der Waals surface area contributed by atoms with Crippen molar-refractivity contribution in [3.63, 3.8) is 0 Å². The van der Waals surface area contributed by atoms with Crippen LogP contribution in [0.5, 0.6) is 0 Å².